The number of likely N-dealkylation sites (N-methyl/N-ethyl adjacent to an activating group) is 1. The van der Waals surface area contributed by atoms with E-state index in [9.17, 15) is 9.59 Å². The van der Waals surface area contributed by atoms with Crippen LogP contribution in [0.1, 0.15) is 30.9 Å². The van der Waals surface area contributed by atoms with Gasteiger partial charge in [0, 0.05) is 51.6 Å². The van der Waals surface area contributed by atoms with Gasteiger partial charge in [0.1, 0.15) is 6.04 Å². The highest BCUT2D eigenvalue weighted by atomic mass is 16.2. The number of aryl methyl sites for hydroxylation is 1. The number of allylic oxidation sites excluding steroid dienone is 1. The number of benzene rings is 1. The van der Waals surface area contributed by atoms with E-state index < -0.39 is 6.04 Å². The van der Waals surface area contributed by atoms with Crippen LogP contribution in [0.25, 0.3) is 0 Å². The Balaban J connectivity index is 1.71. The molecule has 0 spiro atoms. The summed E-state index contributed by atoms with van der Waals surface area (Å²) in [7, 11) is 2.07. The summed E-state index contributed by atoms with van der Waals surface area (Å²) in [4.78, 5) is 30.6. The largest absolute Gasteiger partial charge is 0.344 e. The Morgan fingerprint density at radius 3 is 2.55 bits per heavy atom. The summed E-state index contributed by atoms with van der Waals surface area (Å²) in [6.07, 6.45) is 7.77. The lowest BCUT2D eigenvalue weighted by Crippen LogP contribution is -2.55. The molecule has 1 aromatic carbocycles. The van der Waals surface area contributed by atoms with Crippen LogP contribution in [0.3, 0.4) is 0 Å². The third-order valence-electron chi connectivity index (χ3n) is 6.46. The van der Waals surface area contributed by atoms with Gasteiger partial charge >= 0.3 is 0 Å². The number of amides is 2. The summed E-state index contributed by atoms with van der Waals surface area (Å²) in [5, 5.41) is 6.48. The van der Waals surface area contributed by atoms with Crippen molar-refractivity contribution in [3.05, 3.63) is 71.3 Å². The smallest absolute Gasteiger partial charge is 0.245 e. The van der Waals surface area contributed by atoms with Gasteiger partial charge in [-0.25, -0.2) is 0 Å². The number of carbonyl (C=O) groups is 2. The van der Waals surface area contributed by atoms with E-state index in [1.165, 1.54) is 5.56 Å². The average Bonchev–Trinajstić information content (AvgIpc) is 3.19. The fourth-order valence-corrected chi connectivity index (χ4v) is 4.35. The van der Waals surface area contributed by atoms with E-state index in [4.69, 9.17) is 0 Å². The molecule has 178 valence electrons. The number of carbonyl (C=O) groups excluding carboxylic acids is 2. The molecule has 2 heterocycles. The normalized spacial score (nSPS) is 20.3. The van der Waals surface area contributed by atoms with Crippen LogP contribution in [0.2, 0.25) is 0 Å². The van der Waals surface area contributed by atoms with Crippen molar-refractivity contribution in [3.63, 3.8) is 0 Å². The molecule has 6 heteroatoms. The maximum Gasteiger partial charge on any atom is 0.245 e. The highest BCUT2D eigenvalue weighted by Gasteiger charge is 2.30. The molecule has 2 aliphatic heterocycles. The van der Waals surface area contributed by atoms with Gasteiger partial charge < -0.3 is 20.4 Å². The van der Waals surface area contributed by atoms with E-state index in [-0.39, 0.29) is 17.9 Å². The Bertz CT molecular complexity index is 895. The van der Waals surface area contributed by atoms with Crippen molar-refractivity contribution in [3.8, 4) is 0 Å². The molecular weight excluding hydrogens is 412 g/mol. The molecular formula is C27H38N4O2. The third kappa shape index (κ3) is 6.89. The summed E-state index contributed by atoms with van der Waals surface area (Å²) < 4.78 is 0. The monoisotopic (exact) mass is 450 g/mol. The van der Waals surface area contributed by atoms with Crippen LogP contribution in [-0.4, -0.2) is 73.5 Å². The SMILES string of the molecule is C=CC1=C(/C=C\CC)C(CC(=O)NC(Cc2ccc(C)cc2)C(=O)N2CCN(C)CC2)NC1. The van der Waals surface area contributed by atoms with Gasteiger partial charge in [0.25, 0.3) is 0 Å². The minimum atomic E-state index is -0.567. The van der Waals surface area contributed by atoms with E-state index in [0.29, 0.717) is 32.5 Å². The summed E-state index contributed by atoms with van der Waals surface area (Å²) in [6, 6.07) is 7.53. The predicted octanol–water partition coefficient (Wildman–Crippen LogP) is 2.61. The van der Waals surface area contributed by atoms with Crippen molar-refractivity contribution in [2.45, 2.75) is 45.2 Å². The second-order valence-corrected chi connectivity index (χ2v) is 9.07. The van der Waals surface area contributed by atoms with Gasteiger partial charge in [-0.05, 0) is 37.1 Å². The lowest BCUT2D eigenvalue weighted by molar-refractivity contribution is -0.137. The maximum atomic E-state index is 13.4. The van der Waals surface area contributed by atoms with Crippen molar-refractivity contribution in [2.75, 3.05) is 39.8 Å². The third-order valence-corrected chi connectivity index (χ3v) is 6.46. The van der Waals surface area contributed by atoms with Gasteiger partial charge in [-0.3, -0.25) is 9.59 Å². The standard InChI is InChI=1S/C27H38N4O2/c1-5-7-8-23-22(6-2)19-28-24(23)18-26(32)29-25(17-21-11-9-20(3)10-12-21)27(33)31-15-13-30(4)14-16-31/h6-12,24-25,28H,2,5,13-19H2,1,3-4H3,(H,29,32)/b8-7-. The Morgan fingerprint density at radius 2 is 1.91 bits per heavy atom. The van der Waals surface area contributed by atoms with Crippen LogP contribution in [0.4, 0.5) is 0 Å². The van der Waals surface area contributed by atoms with Gasteiger partial charge in [-0.2, -0.15) is 0 Å². The summed E-state index contributed by atoms with van der Waals surface area (Å²) in [5.74, 6) is -0.107. The minimum absolute atomic E-state index is 0.00447. The van der Waals surface area contributed by atoms with Crippen LogP contribution in [0.15, 0.2) is 60.2 Å². The quantitative estimate of drug-likeness (QED) is 0.607. The fourth-order valence-electron chi connectivity index (χ4n) is 4.35. The van der Waals surface area contributed by atoms with Crippen molar-refractivity contribution >= 4 is 11.8 Å². The highest BCUT2D eigenvalue weighted by Crippen LogP contribution is 2.21. The number of nitrogens with one attached hydrogen (secondary N) is 2. The summed E-state index contributed by atoms with van der Waals surface area (Å²) in [5.41, 5.74) is 4.46. The molecule has 2 unspecified atom stereocenters. The molecule has 1 fully saturated rings. The molecule has 2 amide bonds. The van der Waals surface area contributed by atoms with Gasteiger partial charge in [0.05, 0.1) is 0 Å². The maximum absolute atomic E-state index is 13.4. The molecule has 33 heavy (non-hydrogen) atoms. The first-order chi connectivity index (χ1) is 15.9. The van der Waals surface area contributed by atoms with Crippen LogP contribution in [0.5, 0.6) is 0 Å². The Labute approximate surface area is 198 Å². The molecule has 0 aliphatic carbocycles. The van der Waals surface area contributed by atoms with Crippen LogP contribution in [-0.2, 0) is 16.0 Å². The van der Waals surface area contributed by atoms with Crippen LogP contribution in [0, 0.1) is 6.92 Å². The van der Waals surface area contributed by atoms with Crippen molar-refractivity contribution < 1.29 is 9.59 Å². The molecule has 0 bridgehead atoms. The number of piperazine rings is 1. The zero-order valence-electron chi connectivity index (χ0n) is 20.3. The van der Waals surface area contributed by atoms with Gasteiger partial charge in [-0.15, -0.1) is 0 Å². The number of hydrogen-bond acceptors (Lipinski definition) is 4. The first kappa shape index (κ1) is 24.9. The molecule has 2 N–H and O–H groups in total. The van der Waals surface area contributed by atoms with Crippen molar-refractivity contribution in [2.24, 2.45) is 0 Å². The van der Waals surface area contributed by atoms with Gasteiger partial charge in [0.15, 0.2) is 0 Å². The van der Waals surface area contributed by atoms with E-state index in [1.54, 1.807) is 0 Å². The van der Waals surface area contributed by atoms with Crippen molar-refractivity contribution in [1.82, 2.24) is 20.4 Å². The fraction of sp³-hybridized carbons (Fsp3) is 0.481. The zero-order valence-corrected chi connectivity index (χ0v) is 20.3. The van der Waals surface area contributed by atoms with Gasteiger partial charge in [-0.1, -0.05) is 61.6 Å². The number of hydrogen-bond donors (Lipinski definition) is 2. The molecule has 0 saturated carbocycles. The number of rotatable bonds is 9. The summed E-state index contributed by atoms with van der Waals surface area (Å²) in [6.45, 7) is 11.8. The first-order valence-corrected chi connectivity index (χ1v) is 12.0. The van der Waals surface area contributed by atoms with E-state index >= 15 is 0 Å². The zero-order chi connectivity index (χ0) is 23.8. The lowest BCUT2D eigenvalue weighted by atomic mass is 10.00. The van der Waals surface area contributed by atoms with E-state index in [0.717, 1.165) is 36.2 Å². The average molecular weight is 451 g/mol. The summed E-state index contributed by atoms with van der Waals surface area (Å²) >= 11 is 0. The molecule has 1 saturated heterocycles. The van der Waals surface area contributed by atoms with Gasteiger partial charge in [0.2, 0.25) is 11.8 Å². The van der Waals surface area contributed by atoms with E-state index in [2.05, 4.69) is 48.2 Å². The topological polar surface area (TPSA) is 64.7 Å². The molecule has 2 aliphatic rings. The molecule has 3 rings (SSSR count). The molecule has 2 atom stereocenters. The molecule has 1 aromatic rings. The second kappa shape index (κ2) is 12.0. The Kier molecular flexibility index (Phi) is 9.03. The minimum Gasteiger partial charge on any atom is -0.344 e. The second-order valence-electron chi connectivity index (χ2n) is 9.07. The predicted molar refractivity (Wildman–Crippen MR) is 134 cm³/mol. The highest BCUT2D eigenvalue weighted by molar-refractivity contribution is 5.88. The first-order valence-electron chi connectivity index (χ1n) is 12.0. The molecule has 0 radical (unpaired) electrons. The van der Waals surface area contributed by atoms with Crippen LogP contribution < -0.4 is 10.6 Å². The lowest BCUT2D eigenvalue weighted by Gasteiger charge is -2.35. The van der Waals surface area contributed by atoms with Crippen LogP contribution >= 0.6 is 0 Å². The van der Waals surface area contributed by atoms with E-state index in [1.807, 2.05) is 42.2 Å². The Morgan fingerprint density at radius 1 is 1.21 bits per heavy atom. The molecule has 6 nitrogen and oxygen atoms in total. The number of nitrogens with zero attached hydrogens (tertiary/aromatic N) is 2. The van der Waals surface area contributed by atoms with Crippen molar-refractivity contribution in [1.29, 1.82) is 0 Å². The molecule has 0 aromatic heterocycles. The Hall–Kier alpha value is -2.70.